The van der Waals surface area contributed by atoms with E-state index in [1.807, 2.05) is 31.2 Å². The standard InChI is InChI=1S/C31H40N6O6/c1-2-3-5-14-24(35-29(41)22(32)16-20-18-34-23-13-9-8-12-21(20)23)30(42)37-26(17-27(38)39)31(43)36-25(28(33)40)15-19-10-6-4-7-11-19/h4,6-13,18,22,24-26,34H,2-3,5,14-17,32H2,1H3,(H2,33,40)(H,35,41)(H,36,43)(H,37,42)(H,38,39)/t22?,24-,25-,26-/m0/s1. The number of H-pyrrole nitrogens is 1. The molecule has 0 aliphatic rings. The monoisotopic (exact) mass is 592 g/mol. The average molecular weight is 593 g/mol. The Balaban J connectivity index is 1.70. The molecule has 1 unspecified atom stereocenters. The molecule has 0 saturated carbocycles. The quantitative estimate of drug-likeness (QED) is 0.114. The molecular formula is C31H40N6O6. The van der Waals surface area contributed by atoms with Crippen molar-refractivity contribution in [3.8, 4) is 0 Å². The Hall–Kier alpha value is -4.71. The normalized spacial score (nSPS) is 13.8. The van der Waals surface area contributed by atoms with Gasteiger partial charge in [-0.25, -0.2) is 0 Å². The van der Waals surface area contributed by atoms with Crippen LogP contribution in [0.1, 0.15) is 50.2 Å². The number of nitrogens with two attached hydrogens (primary N) is 2. The van der Waals surface area contributed by atoms with E-state index in [-0.39, 0.29) is 19.3 Å². The third-order valence-electron chi connectivity index (χ3n) is 7.14. The van der Waals surface area contributed by atoms with Crippen LogP contribution >= 0.6 is 0 Å². The fourth-order valence-electron chi connectivity index (χ4n) is 4.78. The SMILES string of the molecule is CCCCC[C@H](NC(=O)C(N)Cc1c[nH]c2ccccc12)C(=O)N[C@@H](CC(=O)O)C(=O)N[C@@H](Cc1ccccc1)C(N)=O. The number of carbonyl (C=O) groups is 5. The highest BCUT2D eigenvalue weighted by Crippen LogP contribution is 2.19. The summed E-state index contributed by atoms with van der Waals surface area (Å²) in [6.45, 7) is 1.99. The molecular weight excluding hydrogens is 552 g/mol. The maximum Gasteiger partial charge on any atom is 0.305 e. The van der Waals surface area contributed by atoms with Crippen LogP contribution in [-0.4, -0.2) is 63.9 Å². The molecule has 1 aromatic heterocycles. The van der Waals surface area contributed by atoms with Crippen molar-refractivity contribution < 1.29 is 29.1 Å². The van der Waals surface area contributed by atoms with Gasteiger partial charge in [0.1, 0.15) is 18.1 Å². The molecule has 1 heterocycles. The van der Waals surface area contributed by atoms with Gasteiger partial charge >= 0.3 is 5.97 Å². The highest BCUT2D eigenvalue weighted by molar-refractivity contribution is 5.96. The van der Waals surface area contributed by atoms with E-state index >= 15 is 0 Å². The first-order chi connectivity index (χ1) is 20.6. The van der Waals surface area contributed by atoms with Crippen molar-refractivity contribution in [2.24, 2.45) is 11.5 Å². The van der Waals surface area contributed by atoms with Crippen LogP contribution in [0.15, 0.2) is 60.8 Å². The van der Waals surface area contributed by atoms with Gasteiger partial charge in [0.15, 0.2) is 0 Å². The Morgan fingerprint density at radius 3 is 2.12 bits per heavy atom. The highest BCUT2D eigenvalue weighted by atomic mass is 16.4. The number of carbonyl (C=O) groups excluding carboxylic acids is 4. The zero-order chi connectivity index (χ0) is 31.4. The lowest BCUT2D eigenvalue weighted by atomic mass is 10.0. The highest BCUT2D eigenvalue weighted by Gasteiger charge is 2.31. The van der Waals surface area contributed by atoms with E-state index < -0.39 is 60.2 Å². The second-order valence-electron chi connectivity index (χ2n) is 10.5. The van der Waals surface area contributed by atoms with Gasteiger partial charge in [0, 0.05) is 23.5 Å². The van der Waals surface area contributed by atoms with E-state index in [0.717, 1.165) is 34.9 Å². The zero-order valence-corrected chi connectivity index (χ0v) is 24.2. The van der Waals surface area contributed by atoms with E-state index in [1.54, 1.807) is 36.5 Å². The van der Waals surface area contributed by atoms with E-state index in [4.69, 9.17) is 11.5 Å². The van der Waals surface area contributed by atoms with Crippen molar-refractivity contribution in [2.45, 2.75) is 76.0 Å². The molecule has 0 aliphatic heterocycles. The fraction of sp³-hybridized carbons (Fsp3) is 0.387. The van der Waals surface area contributed by atoms with E-state index in [2.05, 4.69) is 20.9 Å². The topological polar surface area (TPSA) is 209 Å². The average Bonchev–Trinajstić information content (AvgIpc) is 3.38. The smallest absolute Gasteiger partial charge is 0.305 e. The van der Waals surface area contributed by atoms with Gasteiger partial charge in [0.2, 0.25) is 23.6 Å². The summed E-state index contributed by atoms with van der Waals surface area (Å²) in [6.07, 6.45) is 3.86. The molecule has 12 heteroatoms. The summed E-state index contributed by atoms with van der Waals surface area (Å²) in [7, 11) is 0. The molecule has 4 amide bonds. The van der Waals surface area contributed by atoms with Crippen LogP contribution in [0.3, 0.4) is 0 Å². The lowest BCUT2D eigenvalue weighted by Crippen LogP contribution is -2.58. The molecule has 0 bridgehead atoms. The molecule has 0 saturated heterocycles. The molecule has 12 nitrogen and oxygen atoms in total. The molecule has 3 aromatic rings. The number of hydrogen-bond acceptors (Lipinski definition) is 6. The van der Waals surface area contributed by atoms with Gasteiger partial charge in [0.25, 0.3) is 0 Å². The minimum absolute atomic E-state index is 0.0830. The first-order valence-corrected chi connectivity index (χ1v) is 14.4. The molecule has 9 N–H and O–H groups in total. The summed E-state index contributed by atoms with van der Waals surface area (Å²) in [5.74, 6) is -4.33. The van der Waals surface area contributed by atoms with Crippen molar-refractivity contribution in [1.82, 2.24) is 20.9 Å². The predicted octanol–water partition coefficient (Wildman–Crippen LogP) is 1.28. The number of para-hydroxylation sites is 1. The van der Waals surface area contributed by atoms with Crippen LogP contribution in [0, 0.1) is 0 Å². The van der Waals surface area contributed by atoms with Crippen LogP contribution in [-0.2, 0) is 36.8 Å². The lowest BCUT2D eigenvalue weighted by Gasteiger charge is -2.25. The van der Waals surface area contributed by atoms with Gasteiger partial charge in [-0.3, -0.25) is 24.0 Å². The predicted molar refractivity (Wildman–Crippen MR) is 162 cm³/mol. The van der Waals surface area contributed by atoms with Crippen LogP contribution < -0.4 is 27.4 Å². The molecule has 2 aromatic carbocycles. The molecule has 0 spiro atoms. The number of hydrogen-bond donors (Lipinski definition) is 7. The van der Waals surface area contributed by atoms with E-state index in [1.165, 1.54) is 0 Å². The lowest BCUT2D eigenvalue weighted by molar-refractivity contribution is -0.141. The number of carboxylic acid groups (broad SMARTS) is 1. The Bertz CT molecular complexity index is 1410. The third kappa shape index (κ3) is 9.96. The number of aromatic nitrogens is 1. The minimum Gasteiger partial charge on any atom is -0.481 e. The molecule has 0 fully saturated rings. The van der Waals surface area contributed by atoms with Gasteiger partial charge in [-0.2, -0.15) is 0 Å². The number of nitrogens with one attached hydrogen (secondary N) is 4. The fourth-order valence-corrected chi connectivity index (χ4v) is 4.78. The first kappa shape index (κ1) is 32.8. The maximum absolute atomic E-state index is 13.4. The molecule has 0 radical (unpaired) electrons. The second-order valence-corrected chi connectivity index (χ2v) is 10.5. The first-order valence-electron chi connectivity index (χ1n) is 14.4. The Morgan fingerprint density at radius 2 is 1.44 bits per heavy atom. The van der Waals surface area contributed by atoms with Crippen molar-refractivity contribution in [1.29, 1.82) is 0 Å². The molecule has 230 valence electrons. The number of aromatic amines is 1. The summed E-state index contributed by atoms with van der Waals surface area (Å²) in [6, 6.07) is 11.8. The van der Waals surface area contributed by atoms with Gasteiger partial charge in [0.05, 0.1) is 12.5 Å². The van der Waals surface area contributed by atoms with Gasteiger partial charge in [-0.05, 0) is 30.0 Å². The summed E-state index contributed by atoms with van der Waals surface area (Å²) in [4.78, 5) is 66.4. The summed E-state index contributed by atoms with van der Waals surface area (Å²) < 4.78 is 0. The minimum atomic E-state index is -1.52. The zero-order valence-electron chi connectivity index (χ0n) is 24.2. The van der Waals surface area contributed by atoms with Gasteiger partial charge < -0.3 is 37.5 Å². The van der Waals surface area contributed by atoms with Crippen LogP contribution in [0.5, 0.6) is 0 Å². The van der Waals surface area contributed by atoms with Crippen LogP contribution in [0.25, 0.3) is 10.9 Å². The number of carboxylic acids is 1. The molecule has 43 heavy (non-hydrogen) atoms. The van der Waals surface area contributed by atoms with Crippen molar-refractivity contribution in [3.05, 3.63) is 71.9 Å². The number of benzene rings is 2. The van der Waals surface area contributed by atoms with Crippen molar-refractivity contribution in [3.63, 3.8) is 0 Å². The van der Waals surface area contributed by atoms with Crippen molar-refractivity contribution in [2.75, 3.05) is 0 Å². The largest absolute Gasteiger partial charge is 0.481 e. The summed E-state index contributed by atoms with van der Waals surface area (Å²) in [5.41, 5.74) is 14.2. The Kier molecular flexibility index (Phi) is 12.3. The molecule has 4 atom stereocenters. The van der Waals surface area contributed by atoms with Gasteiger partial charge in [-0.1, -0.05) is 74.7 Å². The van der Waals surface area contributed by atoms with E-state index in [0.29, 0.717) is 6.42 Å². The van der Waals surface area contributed by atoms with E-state index in [9.17, 15) is 29.1 Å². The summed E-state index contributed by atoms with van der Waals surface area (Å²) in [5, 5.41) is 18.0. The number of unbranched alkanes of at least 4 members (excludes halogenated alkanes) is 2. The van der Waals surface area contributed by atoms with Crippen molar-refractivity contribution >= 4 is 40.5 Å². The number of aliphatic carboxylic acids is 1. The molecule has 3 rings (SSSR count). The number of primary amides is 1. The van der Waals surface area contributed by atoms with Crippen LogP contribution in [0.2, 0.25) is 0 Å². The Morgan fingerprint density at radius 1 is 0.814 bits per heavy atom. The third-order valence-corrected chi connectivity index (χ3v) is 7.14. The van der Waals surface area contributed by atoms with Gasteiger partial charge in [-0.15, -0.1) is 0 Å². The molecule has 0 aliphatic carbocycles. The summed E-state index contributed by atoms with van der Waals surface area (Å²) >= 11 is 0. The Labute approximate surface area is 250 Å². The number of fused-ring (bicyclic) bond motifs is 1. The number of amides is 4. The maximum atomic E-state index is 13.4. The number of rotatable bonds is 17. The second kappa shape index (κ2) is 16.1. The van der Waals surface area contributed by atoms with Crippen LogP contribution in [0.4, 0.5) is 0 Å².